The van der Waals surface area contributed by atoms with Gasteiger partial charge in [0.15, 0.2) is 0 Å². The summed E-state index contributed by atoms with van der Waals surface area (Å²) in [7, 11) is -2.29. The number of ether oxygens (including phenoxy) is 1. The van der Waals surface area contributed by atoms with E-state index in [1.54, 1.807) is 20.8 Å². The third-order valence-corrected chi connectivity index (χ3v) is 3.79. The lowest BCUT2D eigenvalue weighted by molar-refractivity contribution is 0.0263. The fourth-order valence-corrected chi connectivity index (χ4v) is 2.58. The molecule has 0 aromatic rings. The third-order valence-electron chi connectivity index (χ3n) is 3.24. The topological polar surface area (TPSA) is 121 Å². The molecule has 1 rings (SSSR count). The largest absolute Gasteiger partial charge is 0.444 e. The van der Waals surface area contributed by atoms with E-state index in [0.29, 0.717) is 5.71 Å². The van der Waals surface area contributed by atoms with Gasteiger partial charge in [-0.3, -0.25) is 4.18 Å². The van der Waals surface area contributed by atoms with Gasteiger partial charge < -0.3 is 20.2 Å². The van der Waals surface area contributed by atoms with E-state index in [1.807, 2.05) is 0 Å². The minimum atomic E-state index is -3.65. The highest BCUT2D eigenvalue weighted by atomic mass is 32.2. The standard InChI is InChI=1S/C13H25N3O6S/c1-12(2,3)22-11(17)16-6-10(15-20-4)13(7-14,8-16)9-21-23(5,18)19/h6-9,14H2,1-5H3. The van der Waals surface area contributed by atoms with Crippen LogP contribution in [0.15, 0.2) is 5.16 Å². The normalized spacial score (nSPS) is 24.1. The monoisotopic (exact) mass is 351 g/mol. The summed E-state index contributed by atoms with van der Waals surface area (Å²) in [4.78, 5) is 18.4. The van der Waals surface area contributed by atoms with Crippen molar-refractivity contribution in [2.75, 3.05) is 39.6 Å². The summed E-state index contributed by atoms with van der Waals surface area (Å²) >= 11 is 0. The maximum Gasteiger partial charge on any atom is 0.410 e. The van der Waals surface area contributed by atoms with Crippen LogP contribution in [-0.4, -0.2) is 70.3 Å². The number of rotatable bonds is 5. The Labute approximate surface area is 136 Å². The average Bonchev–Trinajstić information content (AvgIpc) is 2.74. The summed E-state index contributed by atoms with van der Waals surface area (Å²) < 4.78 is 32.8. The quantitative estimate of drug-likeness (QED) is 0.553. The van der Waals surface area contributed by atoms with Gasteiger partial charge in [0.25, 0.3) is 10.1 Å². The zero-order valence-corrected chi connectivity index (χ0v) is 15.0. The Morgan fingerprint density at radius 3 is 2.48 bits per heavy atom. The Hall–Kier alpha value is -1.39. The van der Waals surface area contributed by atoms with Crippen molar-refractivity contribution in [1.29, 1.82) is 0 Å². The van der Waals surface area contributed by atoms with Crippen LogP contribution in [0.2, 0.25) is 0 Å². The van der Waals surface area contributed by atoms with E-state index in [0.717, 1.165) is 6.26 Å². The summed E-state index contributed by atoms with van der Waals surface area (Å²) in [5.74, 6) is 0. The maximum absolute atomic E-state index is 12.2. The van der Waals surface area contributed by atoms with Gasteiger partial charge in [-0.2, -0.15) is 8.42 Å². The van der Waals surface area contributed by atoms with Crippen LogP contribution in [0.25, 0.3) is 0 Å². The number of nitrogens with zero attached hydrogens (tertiary/aromatic N) is 2. The molecule has 23 heavy (non-hydrogen) atoms. The first kappa shape index (κ1) is 19.7. The Morgan fingerprint density at radius 2 is 2.04 bits per heavy atom. The van der Waals surface area contributed by atoms with Crippen molar-refractivity contribution in [3.8, 4) is 0 Å². The molecule has 10 heteroatoms. The number of nitrogens with two attached hydrogens (primary N) is 1. The molecule has 134 valence electrons. The summed E-state index contributed by atoms with van der Waals surface area (Å²) in [6, 6.07) is 0. The van der Waals surface area contributed by atoms with Crippen LogP contribution in [0, 0.1) is 5.41 Å². The second-order valence-electron chi connectivity index (χ2n) is 6.51. The molecule has 0 saturated carbocycles. The average molecular weight is 351 g/mol. The van der Waals surface area contributed by atoms with Gasteiger partial charge >= 0.3 is 6.09 Å². The zero-order valence-electron chi connectivity index (χ0n) is 14.2. The molecule has 1 unspecified atom stereocenters. The molecule has 0 bridgehead atoms. The number of hydrogen-bond acceptors (Lipinski definition) is 8. The SMILES string of the molecule is CON=C1CN(C(=O)OC(C)(C)C)CC1(CN)COS(C)(=O)=O. The molecule has 1 aliphatic rings. The van der Waals surface area contributed by atoms with Crippen molar-refractivity contribution in [1.82, 2.24) is 4.90 Å². The van der Waals surface area contributed by atoms with Gasteiger partial charge in [0.1, 0.15) is 12.7 Å². The minimum absolute atomic E-state index is 0.0456. The van der Waals surface area contributed by atoms with Gasteiger partial charge in [-0.1, -0.05) is 5.16 Å². The van der Waals surface area contributed by atoms with Gasteiger partial charge in [0, 0.05) is 13.1 Å². The third kappa shape index (κ3) is 5.63. The van der Waals surface area contributed by atoms with Crippen LogP contribution in [-0.2, 0) is 23.9 Å². The number of carbonyl (C=O) groups excluding carboxylic acids is 1. The first-order valence-electron chi connectivity index (χ1n) is 7.05. The van der Waals surface area contributed by atoms with Crippen LogP contribution in [0.3, 0.4) is 0 Å². The van der Waals surface area contributed by atoms with E-state index < -0.39 is 27.2 Å². The molecule has 0 aromatic carbocycles. The predicted octanol–water partition coefficient (Wildman–Crippen LogP) is 0.161. The van der Waals surface area contributed by atoms with Crippen molar-refractivity contribution in [2.45, 2.75) is 26.4 Å². The van der Waals surface area contributed by atoms with Crippen molar-refractivity contribution in [3.63, 3.8) is 0 Å². The molecular weight excluding hydrogens is 326 g/mol. The summed E-state index contributed by atoms with van der Waals surface area (Å²) in [6.45, 7) is 5.37. The molecule has 0 radical (unpaired) electrons. The Kier molecular flexibility index (Phi) is 6.00. The molecule has 1 amide bonds. The number of likely N-dealkylation sites (tertiary alicyclic amines) is 1. The van der Waals surface area contributed by atoms with Crippen molar-refractivity contribution < 1.29 is 27.0 Å². The van der Waals surface area contributed by atoms with Gasteiger partial charge in [-0.25, -0.2) is 4.79 Å². The van der Waals surface area contributed by atoms with E-state index in [9.17, 15) is 13.2 Å². The van der Waals surface area contributed by atoms with Gasteiger partial charge in [-0.05, 0) is 20.8 Å². The lowest BCUT2D eigenvalue weighted by Gasteiger charge is -2.28. The number of hydrogen-bond donors (Lipinski definition) is 1. The predicted molar refractivity (Wildman–Crippen MR) is 84.5 cm³/mol. The van der Waals surface area contributed by atoms with Crippen molar-refractivity contribution in [2.24, 2.45) is 16.3 Å². The number of carbonyl (C=O) groups is 1. The fourth-order valence-electron chi connectivity index (χ4n) is 2.14. The smallest absolute Gasteiger partial charge is 0.410 e. The Bertz CT molecular complexity index is 569. The maximum atomic E-state index is 12.2. The molecule has 1 aliphatic heterocycles. The fraction of sp³-hybridized carbons (Fsp3) is 0.846. The molecule has 1 atom stereocenters. The van der Waals surface area contributed by atoms with E-state index in [1.165, 1.54) is 12.0 Å². The van der Waals surface area contributed by atoms with E-state index in [-0.39, 0.29) is 26.2 Å². The first-order valence-corrected chi connectivity index (χ1v) is 8.87. The highest BCUT2D eigenvalue weighted by Crippen LogP contribution is 2.30. The van der Waals surface area contributed by atoms with E-state index >= 15 is 0 Å². The second kappa shape index (κ2) is 7.02. The lowest BCUT2D eigenvalue weighted by Crippen LogP contribution is -2.44. The Morgan fingerprint density at radius 1 is 1.43 bits per heavy atom. The molecule has 1 heterocycles. The van der Waals surface area contributed by atoms with Crippen LogP contribution in [0.4, 0.5) is 4.79 Å². The zero-order chi connectivity index (χ0) is 17.9. The summed E-state index contributed by atoms with van der Waals surface area (Å²) in [5.41, 5.74) is 4.68. The molecule has 0 aliphatic carbocycles. The minimum Gasteiger partial charge on any atom is -0.444 e. The van der Waals surface area contributed by atoms with Crippen LogP contribution in [0.1, 0.15) is 20.8 Å². The molecule has 2 N–H and O–H groups in total. The van der Waals surface area contributed by atoms with Gasteiger partial charge in [0.05, 0.1) is 30.5 Å². The van der Waals surface area contributed by atoms with Gasteiger partial charge in [-0.15, -0.1) is 0 Å². The molecule has 0 spiro atoms. The van der Waals surface area contributed by atoms with Gasteiger partial charge in [0.2, 0.25) is 0 Å². The second-order valence-corrected chi connectivity index (χ2v) is 8.15. The molecule has 0 aromatic heterocycles. The van der Waals surface area contributed by atoms with Crippen molar-refractivity contribution in [3.05, 3.63) is 0 Å². The molecule has 9 nitrogen and oxygen atoms in total. The van der Waals surface area contributed by atoms with Crippen LogP contribution >= 0.6 is 0 Å². The summed E-state index contributed by atoms with van der Waals surface area (Å²) in [5, 5.41) is 3.89. The summed E-state index contributed by atoms with van der Waals surface area (Å²) in [6.07, 6.45) is 0.418. The van der Waals surface area contributed by atoms with Crippen molar-refractivity contribution >= 4 is 21.9 Å². The number of oxime groups is 1. The molecule has 1 fully saturated rings. The lowest BCUT2D eigenvalue weighted by atomic mass is 9.86. The first-order chi connectivity index (χ1) is 10.4. The van der Waals surface area contributed by atoms with E-state index in [2.05, 4.69) is 5.16 Å². The Balaban J connectivity index is 3.00. The van der Waals surface area contributed by atoms with Crippen LogP contribution < -0.4 is 5.73 Å². The van der Waals surface area contributed by atoms with E-state index in [4.69, 9.17) is 19.5 Å². The molecule has 1 saturated heterocycles. The number of amides is 1. The highest BCUT2D eigenvalue weighted by Gasteiger charge is 2.47. The van der Waals surface area contributed by atoms with Crippen LogP contribution in [0.5, 0.6) is 0 Å². The molecular formula is C13H25N3O6S. The highest BCUT2D eigenvalue weighted by molar-refractivity contribution is 7.85.